The van der Waals surface area contributed by atoms with Crippen molar-refractivity contribution in [2.24, 2.45) is 0 Å². The highest BCUT2D eigenvalue weighted by molar-refractivity contribution is 8.04. The molecule has 5 nitrogen and oxygen atoms in total. The molecule has 1 fully saturated rings. The van der Waals surface area contributed by atoms with Crippen LogP contribution in [0.4, 0.5) is 0 Å². The molecule has 0 saturated carbocycles. The van der Waals surface area contributed by atoms with Gasteiger partial charge in [-0.05, 0) is 30.7 Å². The quantitative estimate of drug-likeness (QED) is 0.445. The number of allylic oxidation sites excluding steroid dienone is 2. The third-order valence-electron chi connectivity index (χ3n) is 4.66. The van der Waals surface area contributed by atoms with E-state index < -0.39 is 0 Å². The molecule has 9 heteroatoms. The van der Waals surface area contributed by atoms with Crippen molar-refractivity contribution < 1.29 is 31.1 Å². The van der Waals surface area contributed by atoms with Gasteiger partial charge >= 0.3 is 0 Å². The first kappa shape index (κ1) is 23.0. The van der Waals surface area contributed by atoms with Crippen LogP contribution >= 0.6 is 35.0 Å². The van der Waals surface area contributed by atoms with Gasteiger partial charge in [-0.1, -0.05) is 53.2 Å². The largest absolute Gasteiger partial charge is 1.00 e. The topological polar surface area (TPSA) is 62.1 Å². The highest BCUT2D eigenvalue weighted by Gasteiger charge is 2.30. The Balaban J connectivity index is 0.00000256. The van der Waals surface area contributed by atoms with Crippen LogP contribution in [-0.4, -0.2) is 23.2 Å². The lowest BCUT2D eigenvalue weighted by atomic mass is 10.1. The van der Waals surface area contributed by atoms with E-state index >= 15 is 0 Å². The molecule has 2 N–H and O–H groups in total. The van der Waals surface area contributed by atoms with E-state index in [9.17, 15) is 9.59 Å². The fourth-order valence-corrected chi connectivity index (χ4v) is 4.90. The highest BCUT2D eigenvalue weighted by atomic mass is 79.9. The average molecular weight is 527 g/mol. The zero-order chi connectivity index (χ0) is 20.4. The molecule has 1 aliphatic carbocycles. The second-order valence-electron chi connectivity index (χ2n) is 6.74. The lowest BCUT2D eigenvalue weighted by molar-refractivity contribution is -0.683. The number of aromatic nitrogens is 1. The summed E-state index contributed by atoms with van der Waals surface area (Å²) < 4.78 is 1.67. The second-order valence-corrected chi connectivity index (χ2v) is 8.76. The molecule has 156 valence electrons. The lowest BCUT2D eigenvalue weighted by Crippen LogP contribution is -3.00. The molecule has 30 heavy (non-hydrogen) atoms. The number of nitrogens with zero attached hydrogens (tertiary/aromatic N) is 1. The van der Waals surface area contributed by atoms with Gasteiger partial charge in [0.1, 0.15) is 11.1 Å². The van der Waals surface area contributed by atoms with E-state index in [1.54, 1.807) is 59.1 Å². The molecule has 1 amide bonds. The summed E-state index contributed by atoms with van der Waals surface area (Å²) in [6, 6.07) is 8.50. The zero-order valence-electron chi connectivity index (χ0n) is 15.6. The maximum Gasteiger partial charge on any atom is 0.259 e. The van der Waals surface area contributed by atoms with Crippen LogP contribution in [0.1, 0.15) is 27.1 Å². The van der Waals surface area contributed by atoms with Crippen molar-refractivity contribution in [2.45, 2.75) is 24.5 Å². The van der Waals surface area contributed by atoms with Crippen LogP contribution in [0.3, 0.4) is 0 Å². The van der Waals surface area contributed by atoms with Gasteiger partial charge in [0.15, 0.2) is 12.4 Å². The standard InChI is InChI=1S/C21H17Cl2N3O2S.BrH/c22-14-7-8-15(16(23)10-14)18(27)12-26-9-3-4-13(11-26)20(28)25-21-24-17-5-1-2-6-19(17)29-21;/h1-4,6-11,17,21,24H,5,12H2;1H. The summed E-state index contributed by atoms with van der Waals surface area (Å²) >= 11 is 13.6. The number of halogens is 3. The van der Waals surface area contributed by atoms with Crippen LogP contribution in [0, 0.1) is 0 Å². The predicted octanol–water partition coefficient (Wildman–Crippen LogP) is 0.730. The zero-order valence-corrected chi connectivity index (χ0v) is 19.6. The van der Waals surface area contributed by atoms with Crippen LogP contribution < -0.4 is 32.2 Å². The first-order valence-electron chi connectivity index (χ1n) is 9.07. The summed E-state index contributed by atoms with van der Waals surface area (Å²) in [6.07, 6.45) is 10.5. The van der Waals surface area contributed by atoms with Crippen molar-refractivity contribution in [1.82, 2.24) is 10.6 Å². The van der Waals surface area contributed by atoms with E-state index in [4.69, 9.17) is 23.2 Å². The van der Waals surface area contributed by atoms with Crippen LogP contribution in [0.25, 0.3) is 0 Å². The first-order chi connectivity index (χ1) is 14.0. The number of thioether (sulfide) groups is 1. The molecule has 1 saturated heterocycles. The van der Waals surface area contributed by atoms with Gasteiger partial charge in [-0.15, -0.1) is 0 Å². The summed E-state index contributed by atoms with van der Waals surface area (Å²) in [7, 11) is 0. The number of hydrogen-bond acceptors (Lipinski definition) is 4. The van der Waals surface area contributed by atoms with Gasteiger partial charge < -0.3 is 22.3 Å². The normalized spacial score (nSPS) is 19.5. The molecule has 1 aliphatic heterocycles. The van der Waals surface area contributed by atoms with Gasteiger partial charge in [-0.3, -0.25) is 14.9 Å². The van der Waals surface area contributed by atoms with Crippen molar-refractivity contribution in [2.75, 3.05) is 0 Å². The Morgan fingerprint density at radius 1 is 1.27 bits per heavy atom. The molecule has 2 atom stereocenters. The molecule has 2 aromatic rings. The van der Waals surface area contributed by atoms with Crippen LogP contribution in [-0.2, 0) is 6.54 Å². The number of benzene rings is 1. The number of rotatable bonds is 5. The second kappa shape index (κ2) is 10.1. The van der Waals surface area contributed by atoms with E-state index in [0.29, 0.717) is 21.2 Å². The summed E-state index contributed by atoms with van der Waals surface area (Å²) in [4.78, 5) is 26.5. The number of pyridine rings is 1. The maximum absolute atomic E-state index is 12.7. The number of amides is 1. The number of Topliss-reactive ketones (excluding diaryl/α,β-unsaturated/α-hetero) is 1. The summed E-state index contributed by atoms with van der Waals surface area (Å²) in [5.74, 6) is -0.362. The Hall–Kier alpha value is -1.64. The molecule has 4 rings (SSSR count). The number of fused-ring (bicyclic) bond motifs is 1. The molecule has 0 bridgehead atoms. The first-order valence-corrected chi connectivity index (χ1v) is 10.7. The maximum atomic E-state index is 12.7. The Morgan fingerprint density at radius 3 is 2.87 bits per heavy atom. The number of nitrogens with one attached hydrogen (secondary N) is 2. The molecule has 2 unspecified atom stereocenters. The minimum Gasteiger partial charge on any atom is -1.00 e. The van der Waals surface area contributed by atoms with Gasteiger partial charge in [-0.25, -0.2) is 0 Å². The fraction of sp³-hybridized carbons (Fsp3) is 0.190. The van der Waals surface area contributed by atoms with Gasteiger partial charge in [0.2, 0.25) is 12.3 Å². The van der Waals surface area contributed by atoms with E-state index in [1.807, 2.05) is 6.08 Å². The Kier molecular flexibility index (Phi) is 7.76. The van der Waals surface area contributed by atoms with Crippen LogP contribution in [0.2, 0.25) is 10.0 Å². The predicted molar refractivity (Wildman–Crippen MR) is 115 cm³/mol. The summed E-state index contributed by atoms with van der Waals surface area (Å²) in [5.41, 5.74) is 0.697. The lowest BCUT2D eigenvalue weighted by Gasteiger charge is -2.13. The Labute approximate surface area is 199 Å². The highest BCUT2D eigenvalue weighted by Crippen LogP contribution is 2.33. The molecular weight excluding hydrogens is 509 g/mol. The molecule has 0 spiro atoms. The number of carbonyl (C=O) groups is 2. The van der Waals surface area contributed by atoms with Gasteiger partial charge in [0.25, 0.3) is 5.91 Å². The molecule has 2 aliphatic rings. The number of carbonyl (C=O) groups excluding carboxylic acids is 2. The van der Waals surface area contributed by atoms with Crippen LogP contribution in [0.5, 0.6) is 0 Å². The monoisotopic (exact) mass is 525 g/mol. The summed E-state index contributed by atoms with van der Waals surface area (Å²) in [5, 5.41) is 7.17. The SMILES string of the molecule is O=C(NC1NC2CC=CC=C2S1)c1ccc[n+](CC(=O)c2ccc(Cl)cc2Cl)c1.[Br-]. The van der Waals surface area contributed by atoms with Crippen molar-refractivity contribution in [1.29, 1.82) is 0 Å². The van der Waals surface area contributed by atoms with Crippen molar-refractivity contribution in [3.05, 3.63) is 87.0 Å². The molecular formula is C21H18BrCl2N3O2S. The van der Waals surface area contributed by atoms with Gasteiger partial charge in [0, 0.05) is 27.6 Å². The van der Waals surface area contributed by atoms with Gasteiger partial charge in [0.05, 0.1) is 5.02 Å². The number of hydrogen-bond donors (Lipinski definition) is 2. The average Bonchev–Trinajstić information content (AvgIpc) is 3.10. The van der Waals surface area contributed by atoms with Crippen LogP contribution in [0.15, 0.2) is 65.9 Å². The minimum atomic E-state index is -0.200. The molecule has 2 heterocycles. The van der Waals surface area contributed by atoms with Crippen molar-refractivity contribution in [3.8, 4) is 0 Å². The van der Waals surface area contributed by atoms with Crippen molar-refractivity contribution in [3.63, 3.8) is 0 Å². The third kappa shape index (κ3) is 5.34. The molecule has 0 radical (unpaired) electrons. The fourth-order valence-electron chi connectivity index (χ4n) is 3.23. The Morgan fingerprint density at radius 2 is 2.10 bits per heavy atom. The molecule has 1 aromatic carbocycles. The molecule has 1 aromatic heterocycles. The van der Waals surface area contributed by atoms with E-state index in [2.05, 4.69) is 22.8 Å². The van der Waals surface area contributed by atoms with Crippen molar-refractivity contribution >= 4 is 46.7 Å². The van der Waals surface area contributed by atoms with E-state index in [1.165, 1.54) is 4.91 Å². The smallest absolute Gasteiger partial charge is 0.259 e. The third-order valence-corrected chi connectivity index (χ3v) is 6.39. The number of ketones is 1. The van der Waals surface area contributed by atoms with Gasteiger partial charge in [-0.2, -0.15) is 4.57 Å². The summed E-state index contributed by atoms with van der Waals surface area (Å²) in [6.45, 7) is 0.0690. The minimum absolute atomic E-state index is 0. The Bertz CT molecular complexity index is 1040. The van der Waals surface area contributed by atoms with E-state index in [-0.39, 0.29) is 46.8 Å². The van der Waals surface area contributed by atoms with E-state index in [0.717, 1.165) is 6.42 Å².